The average molecular weight is 485 g/mol. The molecule has 1 unspecified atom stereocenters. The Morgan fingerprint density at radius 3 is 2.94 bits per heavy atom. The molecule has 33 heavy (non-hydrogen) atoms. The van der Waals surface area contributed by atoms with Crippen LogP contribution in [-0.4, -0.2) is 37.2 Å². The molecule has 4 heterocycles. The summed E-state index contributed by atoms with van der Waals surface area (Å²) < 4.78 is 7.73. The molecule has 0 spiro atoms. The number of halogens is 2. The van der Waals surface area contributed by atoms with E-state index in [2.05, 4.69) is 25.4 Å². The molecular weight excluding hydrogens is 463 g/mol. The van der Waals surface area contributed by atoms with Crippen molar-refractivity contribution in [3.05, 3.63) is 64.6 Å². The predicted molar refractivity (Wildman–Crippen MR) is 126 cm³/mol. The van der Waals surface area contributed by atoms with Gasteiger partial charge in [0.2, 0.25) is 5.91 Å². The van der Waals surface area contributed by atoms with Gasteiger partial charge in [-0.2, -0.15) is 5.10 Å². The zero-order valence-corrected chi connectivity index (χ0v) is 19.2. The quantitative estimate of drug-likeness (QED) is 0.413. The van der Waals surface area contributed by atoms with Crippen LogP contribution in [0.5, 0.6) is 0 Å². The molecule has 8 nitrogen and oxygen atoms in total. The first-order chi connectivity index (χ1) is 16.1. The Bertz CT molecular complexity index is 1280. The summed E-state index contributed by atoms with van der Waals surface area (Å²) in [5.74, 6) is -0.157. The van der Waals surface area contributed by atoms with E-state index < -0.39 is 0 Å². The third-order valence-corrected chi connectivity index (χ3v) is 6.51. The Labute approximate surface area is 200 Å². The first-order valence-corrected chi connectivity index (χ1v) is 11.5. The Kier molecular flexibility index (Phi) is 6.30. The highest BCUT2D eigenvalue weighted by Crippen LogP contribution is 2.39. The minimum absolute atomic E-state index is 0.0640. The smallest absolute Gasteiger partial charge is 0.226 e. The van der Waals surface area contributed by atoms with Gasteiger partial charge < -0.3 is 15.0 Å². The lowest BCUT2D eigenvalue weighted by molar-refractivity contribution is -0.120. The van der Waals surface area contributed by atoms with Crippen LogP contribution in [0.4, 0.5) is 0 Å². The molecule has 0 saturated carbocycles. The summed E-state index contributed by atoms with van der Waals surface area (Å²) in [4.78, 5) is 24.0. The highest BCUT2D eigenvalue weighted by Gasteiger charge is 2.21. The molecule has 3 aromatic heterocycles. The topological polar surface area (TPSA) is 97.7 Å². The van der Waals surface area contributed by atoms with E-state index in [9.17, 15) is 4.79 Å². The SMILES string of the molecule is O=C(Cc1cnccn1)NCc1[nH]c2c(Cl)c(Cl)ccc2c1-c1cnn(C2CCCCO2)c1. The number of hydrogen-bond donors (Lipinski definition) is 2. The van der Waals surface area contributed by atoms with Crippen LogP contribution in [-0.2, 0) is 22.5 Å². The Morgan fingerprint density at radius 2 is 2.15 bits per heavy atom. The largest absolute Gasteiger partial charge is 0.357 e. The molecule has 1 fully saturated rings. The molecule has 1 aliphatic heterocycles. The van der Waals surface area contributed by atoms with Crippen LogP contribution in [0.1, 0.15) is 36.9 Å². The summed E-state index contributed by atoms with van der Waals surface area (Å²) in [5.41, 5.74) is 3.97. The van der Waals surface area contributed by atoms with Gasteiger partial charge in [0.05, 0.1) is 40.4 Å². The molecule has 4 aromatic rings. The van der Waals surface area contributed by atoms with E-state index in [4.69, 9.17) is 27.9 Å². The van der Waals surface area contributed by atoms with Crippen LogP contribution in [0.25, 0.3) is 22.0 Å². The number of carbonyl (C=O) groups is 1. The lowest BCUT2D eigenvalue weighted by atomic mass is 10.0. The third-order valence-electron chi connectivity index (χ3n) is 5.70. The van der Waals surface area contributed by atoms with Crippen molar-refractivity contribution in [2.24, 2.45) is 0 Å². The van der Waals surface area contributed by atoms with E-state index in [1.54, 1.807) is 24.7 Å². The second kappa shape index (κ2) is 9.51. The van der Waals surface area contributed by atoms with E-state index in [1.165, 1.54) is 0 Å². The van der Waals surface area contributed by atoms with Crippen LogP contribution < -0.4 is 5.32 Å². The zero-order chi connectivity index (χ0) is 22.8. The molecule has 1 saturated heterocycles. The van der Waals surface area contributed by atoms with Gasteiger partial charge in [0.1, 0.15) is 6.23 Å². The highest BCUT2D eigenvalue weighted by molar-refractivity contribution is 6.45. The molecule has 5 rings (SSSR count). The summed E-state index contributed by atoms with van der Waals surface area (Å²) in [7, 11) is 0. The van der Waals surface area contributed by atoms with Crippen molar-refractivity contribution < 1.29 is 9.53 Å². The van der Waals surface area contributed by atoms with Crippen molar-refractivity contribution in [2.75, 3.05) is 6.61 Å². The van der Waals surface area contributed by atoms with Crippen molar-refractivity contribution in [1.29, 1.82) is 0 Å². The van der Waals surface area contributed by atoms with Gasteiger partial charge >= 0.3 is 0 Å². The van der Waals surface area contributed by atoms with Crippen molar-refractivity contribution >= 4 is 40.0 Å². The number of aromatic amines is 1. The van der Waals surface area contributed by atoms with E-state index >= 15 is 0 Å². The molecule has 0 radical (unpaired) electrons. The maximum absolute atomic E-state index is 12.5. The lowest BCUT2D eigenvalue weighted by Gasteiger charge is -2.22. The second-order valence-corrected chi connectivity index (χ2v) is 8.73. The second-order valence-electron chi connectivity index (χ2n) is 7.94. The lowest BCUT2D eigenvalue weighted by Crippen LogP contribution is -2.25. The van der Waals surface area contributed by atoms with Crippen LogP contribution >= 0.6 is 23.2 Å². The van der Waals surface area contributed by atoms with Crippen LogP contribution in [0, 0.1) is 0 Å². The number of fused-ring (bicyclic) bond motifs is 1. The van der Waals surface area contributed by atoms with Crippen LogP contribution in [0.15, 0.2) is 43.1 Å². The van der Waals surface area contributed by atoms with Gasteiger partial charge in [-0.15, -0.1) is 0 Å². The number of nitrogens with one attached hydrogen (secondary N) is 2. The maximum Gasteiger partial charge on any atom is 0.226 e. The van der Waals surface area contributed by atoms with Crippen molar-refractivity contribution in [3.8, 4) is 11.1 Å². The van der Waals surface area contributed by atoms with Crippen molar-refractivity contribution in [3.63, 3.8) is 0 Å². The molecule has 1 aromatic carbocycles. The van der Waals surface area contributed by atoms with E-state index in [0.717, 1.165) is 53.6 Å². The summed E-state index contributed by atoms with van der Waals surface area (Å²) >= 11 is 12.7. The normalized spacial score (nSPS) is 16.2. The van der Waals surface area contributed by atoms with Gasteiger partial charge in [-0.05, 0) is 25.3 Å². The summed E-state index contributed by atoms with van der Waals surface area (Å²) in [6, 6.07) is 3.70. The van der Waals surface area contributed by atoms with Gasteiger partial charge in [-0.3, -0.25) is 14.8 Å². The van der Waals surface area contributed by atoms with E-state index in [0.29, 0.717) is 15.7 Å². The number of H-pyrrole nitrogens is 1. The molecule has 10 heteroatoms. The Morgan fingerprint density at radius 1 is 1.24 bits per heavy atom. The number of ether oxygens (including phenoxy) is 1. The van der Waals surface area contributed by atoms with Crippen molar-refractivity contribution in [2.45, 2.75) is 38.5 Å². The molecule has 170 valence electrons. The number of rotatable bonds is 6. The molecule has 1 amide bonds. The van der Waals surface area contributed by atoms with Crippen LogP contribution in [0.2, 0.25) is 10.0 Å². The third kappa shape index (κ3) is 4.59. The predicted octanol–water partition coefficient (Wildman–Crippen LogP) is 4.69. The fourth-order valence-corrected chi connectivity index (χ4v) is 4.48. The zero-order valence-electron chi connectivity index (χ0n) is 17.7. The maximum atomic E-state index is 12.5. The summed E-state index contributed by atoms with van der Waals surface area (Å²) in [5, 5.41) is 9.32. The number of carbonyl (C=O) groups excluding carboxylic acids is 1. The molecular formula is C23H22Cl2N6O2. The standard InChI is InChI=1S/C23H22Cl2N6O2/c24-17-5-4-16-21(14-10-29-31(13-14)20-3-1-2-8-33-20)18(30-23(16)22(17)25)12-28-19(32)9-15-11-26-6-7-27-15/h4-7,10-11,13,20,30H,1-3,8-9,12H2,(H,28,32). The fraction of sp³-hybridized carbons (Fsp3) is 0.304. The summed E-state index contributed by atoms with van der Waals surface area (Å²) in [6.45, 7) is 1.02. The van der Waals surface area contributed by atoms with Gasteiger partial charge in [-0.1, -0.05) is 29.3 Å². The number of benzene rings is 1. The monoisotopic (exact) mass is 484 g/mol. The molecule has 0 aliphatic carbocycles. The molecule has 1 atom stereocenters. The number of nitrogens with zero attached hydrogens (tertiary/aromatic N) is 4. The summed E-state index contributed by atoms with van der Waals surface area (Å²) in [6.07, 6.45) is 11.7. The van der Waals surface area contributed by atoms with E-state index in [1.807, 2.05) is 23.1 Å². The Hall–Kier alpha value is -2.94. The number of aromatic nitrogens is 5. The van der Waals surface area contributed by atoms with Crippen molar-refractivity contribution in [1.82, 2.24) is 30.0 Å². The number of hydrogen-bond acceptors (Lipinski definition) is 5. The van der Waals surface area contributed by atoms with Gasteiger partial charge in [0.15, 0.2) is 0 Å². The van der Waals surface area contributed by atoms with Gasteiger partial charge in [0.25, 0.3) is 0 Å². The first kappa shape index (κ1) is 21.9. The highest BCUT2D eigenvalue weighted by atomic mass is 35.5. The molecule has 0 bridgehead atoms. The first-order valence-electron chi connectivity index (χ1n) is 10.8. The Balaban J connectivity index is 1.45. The minimum atomic E-state index is -0.157. The van der Waals surface area contributed by atoms with Gasteiger partial charge in [0, 0.05) is 53.6 Å². The van der Waals surface area contributed by atoms with Crippen LogP contribution in [0.3, 0.4) is 0 Å². The number of amides is 1. The van der Waals surface area contributed by atoms with Gasteiger partial charge in [-0.25, -0.2) is 4.68 Å². The average Bonchev–Trinajstić information content (AvgIpc) is 3.46. The molecule has 2 N–H and O–H groups in total. The minimum Gasteiger partial charge on any atom is -0.357 e. The molecule has 1 aliphatic rings. The van der Waals surface area contributed by atoms with E-state index in [-0.39, 0.29) is 25.1 Å². The fourth-order valence-electron chi connectivity index (χ4n) is 4.11.